The topological polar surface area (TPSA) is 191 Å². The summed E-state index contributed by atoms with van der Waals surface area (Å²) in [6, 6.07) is -1.16. The van der Waals surface area contributed by atoms with Crippen LogP contribution >= 0.6 is 11.3 Å². The SMILES string of the molecule is CC(C)C(O/N=C(\C(=O)N[C@@H]1C(=O)N2COC(=O)CCCS(=O)[C@H]12)c1csc(N)n1)C(=O)O. The normalized spacial score (nSPS) is 24.5. The summed E-state index contributed by atoms with van der Waals surface area (Å²) in [6.07, 6.45) is -0.937. The molecule has 2 aliphatic heterocycles. The summed E-state index contributed by atoms with van der Waals surface area (Å²) in [7, 11) is -1.55. The molecule has 2 amide bonds. The number of amides is 2. The van der Waals surface area contributed by atoms with Crippen LogP contribution in [0, 0.1) is 5.92 Å². The number of cyclic esters (lactones) is 1. The number of carbonyl (C=O) groups excluding carboxylic acids is 3. The van der Waals surface area contributed by atoms with Crippen LogP contribution in [-0.4, -0.2) is 78.7 Å². The van der Waals surface area contributed by atoms with Gasteiger partial charge in [-0.3, -0.25) is 23.5 Å². The fourth-order valence-electron chi connectivity index (χ4n) is 3.15. The molecule has 2 fully saturated rings. The number of hydrogen-bond acceptors (Lipinski definition) is 11. The van der Waals surface area contributed by atoms with Gasteiger partial charge in [-0.25, -0.2) is 9.78 Å². The molecular formula is C18H23N5O8S2. The maximum absolute atomic E-state index is 13.0. The molecule has 0 radical (unpaired) electrons. The minimum absolute atomic E-state index is 0.0241. The van der Waals surface area contributed by atoms with Gasteiger partial charge < -0.3 is 25.7 Å². The second-order valence-electron chi connectivity index (χ2n) is 7.60. The highest BCUT2D eigenvalue weighted by Gasteiger charge is 2.52. The van der Waals surface area contributed by atoms with Gasteiger partial charge in [0.1, 0.15) is 17.1 Å². The van der Waals surface area contributed by atoms with E-state index in [-0.39, 0.29) is 35.4 Å². The maximum atomic E-state index is 13.0. The highest BCUT2D eigenvalue weighted by Crippen LogP contribution is 2.26. The van der Waals surface area contributed by atoms with Crippen LogP contribution < -0.4 is 11.1 Å². The Labute approximate surface area is 194 Å². The van der Waals surface area contributed by atoms with Crippen molar-refractivity contribution in [3.8, 4) is 0 Å². The van der Waals surface area contributed by atoms with Crippen LogP contribution in [0.15, 0.2) is 10.5 Å². The van der Waals surface area contributed by atoms with Gasteiger partial charge >= 0.3 is 11.9 Å². The summed E-state index contributed by atoms with van der Waals surface area (Å²) in [6.45, 7) is 2.85. The van der Waals surface area contributed by atoms with E-state index in [4.69, 9.17) is 15.3 Å². The first kappa shape index (κ1) is 24.6. The molecule has 0 bridgehead atoms. The van der Waals surface area contributed by atoms with Crippen molar-refractivity contribution in [1.29, 1.82) is 0 Å². The number of thiazole rings is 1. The van der Waals surface area contributed by atoms with E-state index in [0.717, 1.165) is 16.2 Å². The number of β-lactam (4-membered cyclic amide) rings is 1. The Morgan fingerprint density at radius 3 is 2.79 bits per heavy atom. The first-order valence-corrected chi connectivity index (χ1v) is 12.2. The molecule has 3 rings (SSSR count). The number of anilines is 1. The van der Waals surface area contributed by atoms with Crippen LogP contribution in [-0.2, 0) is 39.6 Å². The molecule has 15 heteroatoms. The lowest BCUT2D eigenvalue weighted by atomic mass is 10.1. The average molecular weight is 502 g/mol. The predicted octanol–water partition coefficient (Wildman–Crippen LogP) is -0.748. The zero-order chi connectivity index (χ0) is 24.3. The second-order valence-corrected chi connectivity index (χ2v) is 10.1. The Kier molecular flexibility index (Phi) is 7.63. The number of nitrogens with one attached hydrogen (secondary N) is 1. The number of fused-ring (bicyclic) bond motifs is 1. The minimum Gasteiger partial charge on any atom is -0.478 e. The van der Waals surface area contributed by atoms with Crippen LogP contribution in [0.2, 0.25) is 0 Å². The largest absolute Gasteiger partial charge is 0.478 e. The van der Waals surface area contributed by atoms with Gasteiger partial charge in [-0.05, 0) is 6.42 Å². The summed E-state index contributed by atoms with van der Waals surface area (Å²) in [5.41, 5.74) is 5.27. The molecule has 2 saturated heterocycles. The Hall–Kier alpha value is -3.07. The number of nitrogens with two attached hydrogens (primary N) is 1. The summed E-state index contributed by atoms with van der Waals surface area (Å²) in [5, 5.41) is 16.1. The van der Waals surface area contributed by atoms with E-state index in [9.17, 15) is 28.5 Å². The van der Waals surface area contributed by atoms with Gasteiger partial charge in [-0.15, -0.1) is 11.3 Å². The molecule has 0 saturated carbocycles. The van der Waals surface area contributed by atoms with E-state index < -0.39 is 58.0 Å². The molecule has 180 valence electrons. The number of nitrogen functional groups attached to an aromatic ring is 1. The molecule has 4 N–H and O–H groups in total. The van der Waals surface area contributed by atoms with E-state index in [1.54, 1.807) is 13.8 Å². The number of esters is 1. The van der Waals surface area contributed by atoms with Gasteiger partial charge in [-0.1, -0.05) is 19.0 Å². The molecule has 0 spiro atoms. The number of ether oxygens (including phenoxy) is 1. The number of aromatic nitrogens is 1. The van der Waals surface area contributed by atoms with Crippen molar-refractivity contribution in [1.82, 2.24) is 15.2 Å². The van der Waals surface area contributed by atoms with Crippen LogP contribution in [0.5, 0.6) is 0 Å². The highest BCUT2D eigenvalue weighted by atomic mass is 32.2. The van der Waals surface area contributed by atoms with Gasteiger partial charge in [-0.2, -0.15) is 0 Å². The lowest BCUT2D eigenvalue weighted by Gasteiger charge is -2.45. The number of hydrogen-bond donors (Lipinski definition) is 3. The number of carbonyl (C=O) groups is 4. The summed E-state index contributed by atoms with van der Waals surface area (Å²) >= 11 is 1.02. The van der Waals surface area contributed by atoms with E-state index >= 15 is 0 Å². The third-order valence-corrected chi connectivity index (χ3v) is 7.30. The molecule has 33 heavy (non-hydrogen) atoms. The number of aliphatic carboxylic acids is 1. The fraction of sp³-hybridized carbons (Fsp3) is 0.556. The van der Waals surface area contributed by atoms with Gasteiger partial charge in [0.2, 0.25) is 6.10 Å². The van der Waals surface area contributed by atoms with Gasteiger partial charge in [0.15, 0.2) is 17.6 Å². The monoisotopic (exact) mass is 501 g/mol. The Balaban J connectivity index is 1.82. The Morgan fingerprint density at radius 2 is 2.18 bits per heavy atom. The van der Waals surface area contributed by atoms with E-state index in [2.05, 4.69) is 15.5 Å². The molecule has 4 atom stereocenters. The molecular weight excluding hydrogens is 478 g/mol. The van der Waals surface area contributed by atoms with Crippen molar-refractivity contribution in [3.63, 3.8) is 0 Å². The quantitative estimate of drug-likeness (QED) is 0.185. The summed E-state index contributed by atoms with van der Waals surface area (Å²) in [4.78, 5) is 58.8. The molecule has 2 aliphatic rings. The van der Waals surface area contributed by atoms with Crippen molar-refractivity contribution >= 4 is 56.7 Å². The zero-order valence-corrected chi connectivity index (χ0v) is 19.4. The van der Waals surface area contributed by atoms with Crippen LogP contribution in [0.4, 0.5) is 5.13 Å². The minimum atomic E-state index is -1.55. The average Bonchev–Trinajstić information content (AvgIpc) is 3.18. The van der Waals surface area contributed by atoms with Gasteiger partial charge in [0.05, 0.1) is 0 Å². The standard InChI is InChI=1S/C18H23N5O8S2/c1-8(2)13(17(27)28)31-22-11(9-6-32-18(19)20-9)14(25)21-12-15(26)23-7-30-10(24)4-3-5-33(29)16(12)23/h6,8,12-13,16H,3-5,7H2,1-2H3,(H2,19,20)(H,21,25)(H,27,28)/b22-11-/t12-,13?,16-,33?/m1/s1. The van der Waals surface area contributed by atoms with Crippen molar-refractivity contribution in [3.05, 3.63) is 11.1 Å². The second kappa shape index (κ2) is 10.2. The molecule has 1 aromatic heterocycles. The molecule has 3 heterocycles. The molecule has 0 aromatic carbocycles. The van der Waals surface area contributed by atoms with Crippen molar-refractivity contribution < 1.29 is 38.1 Å². The lowest BCUT2D eigenvalue weighted by molar-refractivity contribution is -0.164. The number of carboxylic acid groups (broad SMARTS) is 1. The Bertz CT molecular complexity index is 1010. The predicted molar refractivity (Wildman–Crippen MR) is 116 cm³/mol. The third-order valence-electron chi connectivity index (χ3n) is 4.87. The smallest absolute Gasteiger partial charge is 0.348 e. The number of rotatable bonds is 7. The van der Waals surface area contributed by atoms with E-state index in [1.165, 1.54) is 5.38 Å². The van der Waals surface area contributed by atoms with Gasteiger partial charge in [0, 0.05) is 34.3 Å². The number of oxime groups is 1. The molecule has 13 nitrogen and oxygen atoms in total. The van der Waals surface area contributed by atoms with Crippen molar-refractivity contribution in [2.24, 2.45) is 11.1 Å². The van der Waals surface area contributed by atoms with Crippen molar-refractivity contribution in [2.45, 2.75) is 44.2 Å². The lowest BCUT2D eigenvalue weighted by Crippen LogP contribution is -2.72. The highest BCUT2D eigenvalue weighted by molar-refractivity contribution is 7.85. The Morgan fingerprint density at radius 1 is 1.45 bits per heavy atom. The number of nitrogens with zero attached hydrogens (tertiary/aromatic N) is 3. The van der Waals surface area contributed by atoms with Crippen molar-refractivity contribution in [2.75, 3.05) is 18.2 Å². The molecule has 2 unspecified atom stereocenters. The van der Waals surface area contributed by atoms with Crippen LogP contribution in [0.1, 0.15) is 32.4 Å². The zero-order valence-electron chi connectivity index (χ0n) is 17.8. The first-order valence-electron chi connectivity index (χ1n) is 9.92. The number of carboxylic acids is 1. The summed E-state index contributed by atoms with van der Waals surface area (Å²) in [5.74, 6) is -3.55. The van der Waals surface area contributed by atoms with Crippen LogP contribution in [0.3, 0.4) is 0 Å². The molecule has 1 aromatic rings. The van der Waals surface area contributed by atoms with Gasteiger partial charge in [0.25, 0.3) is 11.8 Å². The fourth-order valence-corrected chi connectivity index (χ4v) is 5.31. The van der Waals surface area contributed by atoms with E-state index in [1.807, 2.05) is 0 Å². The first-order chi connectivity index (χ1) is 15.6. The van der Waals surface area contributed by atoms with Crippen LogP contribution in [0.25, 0.3) is 0 Å². The van der Waals surface area contributed by atoms with E-state index in [0.29, 0.717) is 6.42 Å². The maximum Gasteiger partial charge on any atom is 0.348 e. The molecule has 0 aliphatic carbocycles. The summed E-state index contributed by atoms with van der Waals surface area (Å²) < 4.78 is 17.7. The third kappa shape index (κ3) is 5.47.